The summed E-state index contributed by atoms with van der Waals surface area (Å²) in [5.74, 6) is -2.05. The van der Waals surface area contributed by atoms with E-state index in [1.54, 1.807) is 26.8 Å². The highest BCUT2D eigenvalue weighted by Gasteiger charge is 2.34. The molecule has 1 heterocycles. The maximum atomic E-state index is 15.0. The number of carbonyl (C=O) groups excluding carboxylic acids is 3. The van der Waals surface area contributed by atoms with Gasteiger partial charge in [-0.05, 0) is 57.0 Å². The van der Waals surface area contributed by atoms with Gasteiger partial charge in [0, 0.05) is 17.1 Å². The Bertz CT molecular complexity index is 1190. The minimum absolute atomic E-state index is 0.0617. The third-order valence-corrected chi connectivity index (χ3v) is 7.08. The maximum absolute atomic E-state index is 15.0. The minimum Gasteiger partial charge on any atom is -0.444 e. The Morgan fingerprint density at radius 3 is 2.54 bits per heavy atom. The monoisotopic (exact) mass is 552 g/mol. The van der Waals surface area contributed by atoms with E-state index in [4.69, 9.17) is 16.3 Å². The standard InChI is InChI=1S/C27H31ClF2N2O4S/c1-5-6-7-8-23(33)17-12-22-24(13-19(17)29)37-15-21(31-26(35)36-27(2,3)4)25(34)32(22)14-16-9-10-18(28)20(30)11-16/h9-13,21H,5-8,14-15H2,1-4H3,(H,31,35)/t21-/m0/s1. The van der Waals surface area contributed by atoms with Crippen LogP contribution in [0, 0.1) is 11.6 Å². The number of thioether (sulfide) groups is 1. The Morgan fingerprint density at radius 2 is 1.89 bits per heavy atom. The largest absolute Gasteiger partial charge is 0.444 e. The number of fused-ring (bicyclic) bond motifs is 1. The molecule has 0 fully saturated rings. The van der Waals surface area contributed by atoms with E-state index in [1.165, 1.54) is 40.9 Å². The Kier molecular flexibility index (Phi) is 9.58. The topological polar surface area (TPSA) is 75.7 Å². The highest BCUT2D eigenvalue weighted by Crippen LogP contribution is 2.38. The third-order valence-electron chi connectivity index (χ3n) is 5.63. The average molecular weight is 553 g/mol. The summed E-state index contributed by atoms with van der Waals surface area (Å²) in [5, 5.41) is 2.53. The van der Waals surface area contributed by atoms with Crippen LogP contribution in [0.5, 0.6) is 0 Å². The molecule has 1 atom stereocenters. The zero-order valence-corrected chi connectivity index (χ0v) is 22.9. The SMILES string of the molecule is CCCCCC(=O)c1cc2c(cc1F)SC[C@H](NC(=O)OC(C)(C)C)C(=O)N2Cc1ccc(Cl)c(F)c1. The zero-order chi connectivity index (χ0) is 27.3. The smallest absolute Gasteiger partial charge is 0.408 e. The van der Waals surface area contributed by atoms with Gasteiger partial charge in [0.1, 0.15) is 23.3 Å². The van der Waals surface area contributed by atoms with Crippen molar-refractivity contribution in [3.05, 3.63) is 58.1 Å². The van der Waals surface area contributed by atoms with E-state index in [2.05, 4.69) is 5.32 Å². The van der Waals surface area contributed by atoms with Gasteiger partial charge in [0.25, 0.3) is 5.91 Å². The molecular formula is C27H31ClF2N2O4S. The van der Waals surface area contributed by atoms with Gasteiger partial charge in [0.05, 0.1) is 22.8 Å². The second kappa shape index (κ2) is 12.3. The first kappa shape index (κ1) is 28.9. The molecule has 6 nitrogen and oxygen atoms in total. The first-order valence-corrected chi connectivity index (χ1v) is 13.5. The highest BCUT2D eigenvalue weighted by molar-refractivity contribution is 7.99. The van der Waals surface area contributed by atoms with Crippen LogP contribution in [0.15, 0.2) is 35.2 Å². The average Bonchev–Trinajstić information content (AvgIpc) is 2.92. The summed E-state index contributed by atoms with van der Waals surface area (Å²) < 4.78 is 34.5. The van der Waals surface area contributed by atoms with Crippen LogP contribution in [0.2, 0.25) is 5.02 Å². The van der Waals surface area contributed by atoms with Gasteiger partial charge < -0.3 is 15.0 Å². The van der Waals surface area contributed by atoms with Crippen LogP contribution in [0.3, 0.4) is 0 Å². The van der Waals surface area contributed by atoms with Crippen LogP contribution in [0.1, 0.15) is 69.3 Å². The fourth-order valence-electron chi connectivity index (χ4n) is 3.84. The molecule has 37 heavy (non-hydrogen) atoms. The van der Waals surface area contributed by atoms with Crippen LogP contribution < -0.4 is 10.2 Å². The van der Waals surface area contributed by atoms with Crippen molar-refractivity contribution in [1.29, 1.82) is 0 Å². The third kappa shape index (κ3) is 7.68. The van der Waals surface area contributed by atoms with Gasteiger partial charge in [-0.15, -0.1) is 11.8 Å². The molecule has 0 saturated carbocycles. The summed E-state index contributed by atoms with van der Waals surface area (Å²) in [5.41, 5.74) is -0.123. The van der Waals surface area contributed by atoms with E-state index >= 15 is 4.39 Å². The molecule has 10 heteroatoms. The molecule has 0 spiro atoms. The van der Waals surface area contributed by atoms with Gasteiger partial charge in [0.15, 0.2) is 5.78 Å². The number of anilines is 1. The molecule has 0 saturated heterocycles. The second-order valence-electron chi connectivity index (χ2n) is 9.86. The van der Waals surface area contributed by atoms with Gasteiger partial charge >= 0.3 is 6.09 Å². The molecule has 1 aliphatic heterocycles. The summed E-state index contributed by atoms with van der Waals surface area (Å²) >= 11 is 7.00. The first-order valence-electron chi connectivity index (χ1n) is 12.1. The number of alkyl carbamates (subject to hydrolysis) is 1. The molecule has 0 bridgehead atoms. The molecule has 1 N–H and O–H groups in total. The lowest BCUT2D eigenvalue weighted by molar-refractivity contribution is -0.120. The molecule has 2 aromatic carbocycles. The van der Waals surface area contributed by atoms with Gasteiger partial charge in [-0.25, -0.2) is 13.6 Å². The number of nitrogens with zero attached hydrogens (tertiary/aromatic N) is 1. The Labute approximate surface area is 225 Å². The summed E-state index contributed by atoms with van der Waals surface area (Å²) in [6, 6.07) is 5.79. The molecule has 0 radical (unpaired) electrons. The maximum Gasteiger partial charge on any atom is 0.408 e. The van der Waals surface area contributed by atoms with Gasteiger partial charge in [-0.2, -0.15) is 0 Å². The number of amides is 2. The summed E-state index contributed by atoms with van der Waals surface area (Å²) in [6.45, 7) is 7.04. The number of ketones is 1. The number of ether oxygens (including phenoxy) is 1. The van der Waals surface area contributed by atoms with Crippen LogP contribution in [0.25, 0.3) is 0 Å². The second-order valence-corrected chi connectivity index (χ2v) is 11.3. The zero-order valence-electron chi connectivity index (χ0n) is 21.3. The van der Waals surface area contributed by atoms with Crippen LogP contribution in [0.4, 0.5) is 19.3 Å². The van der Waals surface area contributed by atoms with E-state index in [1.807, 2.05) is 6.92 Å². The lowest BCUT2D eigenvalue weighted by Crippen LogP contribution is -2.50. The van der Waals surface area contributed by atoms with Crippen molar-refractivity contribution in [2.45, 2.75) is 76.5 Å². The number of hydrogen-bond acceptors (Lipinski definition) is 5. The first-order chi connectivity index (χ1) is 17.4. The van der Waals surface area contributed by atoms with E-state index in [-0.39, 0.29) is 35.1 Å². The van der Waals surface area contributed by atoms with Crippen molar-refractivity contribution in [2.24, 2.45) is 0 Å². The van der Waals surface area contributed by atoms with Gasteiger partial charge in [-0.1, -0.05) is 37.4 Å². The number of nitrogens with one attached hydrogen (secondary N) is 1. The lowest BCUT2D eigenvalue weighted by atomic mass is 10.0. The van der Waals surface area contributed by atoms with E-state index in [9.17, 15) is 18.8 Å². The van der Waals surface area contributed by atoms with Crippen LogP contribution in [-0.4, -0.2) is 35.2 Å². The van der Waals surface area contributed by atoms with Crippen molar-refractivity contribution < 1.29 is 27.9 Å². The van der Waals surface area contributed by atoms with Crippen molar-refractivity contribution in [1.82, 2.24) is 5.32 Å². The summed E-state index contributed by atoms with van der Waals surface area (Å²) in [6.07, 6.45) is 1.82. The molecule has 200 valence electrons. The normalized spacial score (nSPS) is 15.7. The number of halogens is 3. The number of carbonyl (C=O) groups is 3. The highest BCUT2D eigenvalue weighted by atomic mass is 35.5. The predicted molar refractivity (Wildman–Crippen MR) is 141 cm³/mol. The Morgan fingerprint density at radius 1 is 1.16 bits per heavy atom. The molecule has 2 amide bonds. The van der Waals surface area contributed by atoms with E-state index in [0.717, 1.165) is 12.8 Å². The predicted octanol–water partition coefficient (Wildman–Crippen LogP) is 6.91. The van der Waals surface area contributed by atoms with Gasteiger partial charge in [0.2, 0.25) is 0 Å². The fourth-order valence-corrected chi connectivity index (χ4v) is 5.04. The number of hydrogen-bond donors (Lipinski definition) is 1. The number of benzene rings is 2. The van der Waals surface area contributed by atoms with Crippen molar-refractivity contribution in [3.63, 3.8) is 0 Å². The minimum atomic E-state index is -1.00. The number of rotatable bonds is 8. The summed E-state index contributed by atoms with van der Waals surface area (Å²) in [7, 11) is 0. The Hall–Kier alpha value is -2.65. The van der Waals surface area contributed by atoms with Crippen molar-refractivity contribution in [2.75, 3.05) is 10.7 Å². The van der Waals surface area contributed by atoms with Gasteiger partial charge in [-0.3, -0.25) is 9.59 Å². The molecule has 0 aromatic heterocycles. The Balaban J connectivity index is 2.00. The number of Topliss-reactive ketones (excluding diaryl/α,β-unsaturated/α-hetero) is 1. The fraction of sp³-hybridized carbons (Fsp3) is 0.444. The lowest BCUT2D eigenvalue weighted by Gasteiger charge is -2.27. The van der Waals surface area contributed by atoms with E-state index in [0.29, 0.717) is 22.6 Å². The van der Waals surface area contributed by atoms with Crippen LogP contribution >= 0.6 is 23.4 Å². The molecular weight excluding hydrogens is 522 g/mol. The molecule has 3 rings (SSSR count). The van der Waals surface area contributed by atoms with Crippen LogP contribution in [-0.2, 0) is 16.1 Å². The molecule has 0 aliphatic carbocycles. The van der Waals surface area contributed by atoms with Crippen molar-refractivity contribution >= 4 is 46.8 Å². The quantitative estimate of drug-likeness (QED) is 0.284. The molecule has 2 aromatic rings. The summed E-state index contributed by atoms with van der Waals surface area (Å²) in [4.78, 5) is 40.7. The van der Waals surface area contributed by atoms with E-state index < -0.39 is 35.3 Å². The molecule has 1 aliphatic rings. The number of unbranched alkanes of at least 4 members (excludes halogenated alkanes) is 2. The molecule has 0 unspecified atom stereocenters. The van der Waals surface area contributed by atoms with Crippen molar-refractivity contribution in [3.8, 4) is 0 Å².